The lowest BCUT2D eigenvalue weighted by Gasteiger charge is -2.11. The molecule has 0 saturated heterocycles. The number of anilines is 3. The molecule has 1 N–H and O–H groups in total. The molecule has 102 valence electrons. The molecule has 3 aromatic rings. The van der Waals surface area contributed by atoms with Crippen LogP contribution in [0.3, 0.4) is 0 Å². The monoisotopic (exact) mass is 306 g/mol. The molecule has 0 aliphatic rings. The average Bonchev–Trinajstić information content (AvgIpc) is 2.85. The van der Waals surface area contributed by atoms with Gasteiger partial charge < -0.3 is 10.2 Å². The van der Waals surface area contributed by atoms with Gasteiger partial charge in [-0.25, -0.2) is 4.98 Å². The molecule has 0 radical (unpaired) electrons. The van der Waals surface area contributed by atoms with E-state index < -0.39 is 0 Å². The maximum atomic E-state index is 5.90. The SMILES string of the molecule is CN(C)c1nc(Cl)nc(Nc2ccc3ncsc3c2)n1. The lowest BCUT2D eigenvalue weighted by Crippen LogP contribution is -2.14. The number of thiazole rings is 1. The summed E-state index contributed by atoms with van der Waals surface area (Å²) in [5.74, 6) is 0.920. The van der Waals surface area contributed by atoms with E-state index >= 15 is 0 Å². The minimum atomic E-state index is 0.157. The van der Waals surface area contributed by atoms with Crippen LogP contribution in [0.4, 0.5) is 17.6 Å². The van der Waals surface area contributed by atoms with E-state index in [4.69, 9.17) is 11.6 Å². The van der Waals surface area contributed by atoms with Gasteiger partial charge >= 0.3 is 0 Å². The van der Waals surface area contributed by atoms with E-state index in [0.29, 0.717) is 11.9 Å². The number of nitrogens with zero attached hydrogens (tertiary/aromatic N) is 5. The van der Waals surface area contributed by atoms with Gasteiger partial charge in [0.1, 0.15) is 0 Å². The van der Waals surface area contributed by atoms with Crippen LogP contribution in [0, 0.1) is 0 Å². The van der Waals surface area contributed by atoms with Gasteiger partial charge in [0, 0.05) is 19.8 Å². The van der Waals surface area contributed by atoms with Crippen molar-refractivity contribution < 1.29 is 0 Å². The predicted octanol–water partition coefficient (Wildman–Crippen LogP) is 2.94. The van der Waals surface area contributed by atoms with Gasteiger partial charge in [-0.1, -0.05) is 0 Å². The summed E-state index contributed by atoms with van der Waals surface area (Å²) in [5.41, 5.74) is 3.68. The summed E-state index contributed by atoms with van der Waals surface area (Å²) in [5, 5.41) is 3.28. The summed E-state index contributed by atoms with van der Waals surface area (Å²) in [4.78, 5) is 18.4. The first-order valence-corrected chi connectivity index (χ1v) is 7.07. The first kappa shape index (κ1) is 13.0. The van der Waals surface area contributed by atoms with Crippen LogP contribution in [-0.4, -0.2) is 34.0 Å². The predicted molar refractivity (Wildman–Crippen MR) is 82.1 cm³/mol. The number of nitrogens with one attached hydrogen (secondary N) is 1. The van der Waals surface area contributed by atoms with Gasteiger partial charge in [-0.3, -0.25) is 0 Å². The van der Waals surface area contributed by atoms with Crippen molar-refractivity contribution in [1.82, 2.24) is 19.9 Å². The molecule has 0 spiro atoms. The summed E-state index contributed by atoms with van der Waals surface area (Å²) in [6, 6.07) is 5.87. The third-order valence-electron chi connectivity index (χ3n) is 2.58. The van der Waals surface area contributed by atoms with Crippen molar-refractivity contribution in [3.63, 3.8) is 0 Å². The largest absolute Gasteiger partial charge is 0.347 e. The van der Waals surface area contributed by atoms with Crippen LogP contribution in [0.15, 0.2) is 23.7 Å². The molecule has 0 aliphatic carbocycles. The number of fused-ring (bicyclic) bond motifs is 1. The van der Waals surface area contributed by atoms with E-state index in [1.807, 2.05) is 37.8 Å². The van der Waals surface area contributed by atoms with Crippen molar-refractivity contribution in [2.24, 2.45) is 0 Å². The lowest BCUT2D eigenvalue weighted by molar-refractivity contribution is 0.961. The van der Waals surface area contributed by atoms with Gasteiger partial charge in [-0.2, -0.15) is 15.0 Å². The zero-order valence-electron chi connectivity index (χ0n) is 10.8. The van der Waals surface area contributed by atoms with E-state index in [0.717, 1.165) is 15.9 Å². The van der Waals surface area contributed by atoms with E-state index in [1.165, 1.54) is 0 Å². The summed E-state index contributed by atoms with van der Waals surface area (Å²) in [6.45, 7) is 0. The maximum absolute atomic E-state index is 5.90. The fourth-order valence-corrected chi connectivity index (χ4v) is 2.53. The van der Waals surface area contributed by atoms with Crippen molar-refractivity contribution in [3.8, 4) is 0 Å². The number of aromatic nitrogens is 4. The number of hydrogen-bond donors (Lipinski definition) is 1. The fraction of sp³-hybridized carbons (Fsp3) is 0.167. The van der Waals surface area contributed by atoms with Crippen LogP contribution < -0.4 is 10.2 Å². The van der Waals surface area contributed by atoms with Crippen LogP contribution >= 0.6 is 22.9 Å². The standard InChI is InChI=1S/C12H11ClN6S/c1-19(2)12-17-10(13)16-11(18-12)15-7-3-4-8-9(5-7)20-6-14-8/h3-6H,1-2H3,(H,15,16,17,18). The third-order valence-corrected chi connectivity index (χ3v) is 3.54. The highest BCUT2D eigenvalue weighted by molar-refractivity contribution is 7.16. The zero-order valence-corrected chi connectivity index (χ0v) is 12.4. The molecule has 3 rings (SSSR count). The second kappa shape index (κ2) is 5.18. The Morgan fingerprint density at radius 2 is 2.05 bits per heavy atom. The summed E-state index contributed by atoms with van der Waals surface area (Å²) < 4.78 is 1.10. The number of hydrogen-bond acceptors (Lipinski definition) is 7. The van der Waals surface area contributed by atoms with Crippen molar-refractivity contribution >= 4 is 50.7 Å². The second-order valence-corrected chi connectivity index (χ2v) is 5.51. The highest BCUT2D eigenvalue weighted by Gasteiger charge is 2.07. The van der Waals surface area contributed by atoms with Crippen LogP contribution in [-0.2, 0) is 0 Å². The molecule has 20 heavy (non-hydrogen) atoms. The van der Waals surface area contributed by atoms with E-state index in [2.05, 4.69) is 25.3 Å². The molecule has 0 amide bonds. The summed E-state index contributed by atoms with van der Waals surface area (Å²) in [6.07, 6.45) is 0. The number of benzene rings is 1. The Hall–Kier alpha value is -1.99. The highest BCUT2D eigenvalue weighted by Crippen LogP contribution is 2.24. The molecule has 8 heteroatoms. The topological polar surface area (TPSA) is 66.8 Å². The second-order valence-electron chi connectivity index (χ2n) is 4.28. The Bertz CT molecular complexity index is 757. The number of halogens is 1. The van der Waals surface area contributed by atoms with E-state index in [1.54, 1.807) is 16.2 Å². The maximum Gasteiger partial charge on any atom is 0.233 e. The van der Waals surface area contributed by atoms with Crippen LogP contribution in [0.25, 0.3) is 10.2 Å². The zero-order chi connectivity index (χ0) is 14.1. The Morgan fingerprint density at radius 1 is 1.20 bits per heavy atom. The Kier molecular flexibility index (Phi) is 3.37. The normalized spacial score (nSPS) is 10.8. The van der Waals surface area contributed by atoms with Gasteiger partial charge in [0.15, 0.2) is 0 Å². The molecular weight excluding hydrogens is 296 g/mol. The summed E-state index contributed by atoms with van der Waals surface area (Å²) in [7, 11) is 3.69. The molecule has 2 heterocycles. The summed E-state index contributed by atoms with van der Waals surface area (Å²) >= 11 is 7.49. The third kappa shape index (κ3) is 2.63. The Morgan fingerprint density at radius 3 is 2.85 bits per heavy atom. The molecule has 0 atom stereocenters. The smallest absolute Gasteiger partial charge is 0.233 e. The van der Waals surface area contributed by atoms with Gasteiger partial charge in [-0.15, -0.1) is 11.3 Å². The minimum Gasteiger partial charge on any atom is -0.347 e. The van der Waals surface area contributed by atoms with Gasteiger partial charge in [0.05, 0.1) is 15.7 Å². The molecular formula is C12H11ClN6S. The average molecular weight is 307 g/mol. The lowest BCUT2D eigenvalue weighted by atomic mass is 10.3. The Balaban J connectivity index is 1.93. The quantitative estimate of drug-likeness (QED) is 0.802. The first-order valence-electron chi connectivity index (χ1n) is 5.81. The van der Waals surface area contributed by atoms with Crippen LogP contribution in [0.5, 0.6) is 0 Å². The van der Waals surface area contributed by atoms with Crippen LogP contribution in [0.1, 0.15) is 0 Å². The molecule has 6 nitrogen and oxygen atoms in total. The molecule has 0 fully saturated rings. The van der Waals surface area contributed by atoms with Crippen molar-refractivity contribution in [2.75, 3.05) is 24.3 Å². The van der Waals surface area contributed by atoms with E-state index in [9.17, 15) is 0 Å². The highest BCUT2D eigenvalue weighted by atomic mass is 35.5. The van der Waals surface area contributed by atoms with Crippen molar-refractivity contribution in [3.05, 3.63) is 29.0 Å². The van der Waals surface area contributed by atoms with Crippen molar-refractivity contribution in [1.29, 1.82) is 0 Å². The molecule has 0 saturated carbocycles. The molecule has 2 aromatic heterocycles. The number of rotatable bonds is 3. The van der Waals surface area contributed by atoms with Gasteiger partial charge in [-0.05, 0) is 29.8 Å². The minimum absolute atomic E-state index is 0.157. The van der Waals surface area contributed by atoms with Gasteiger partial charge in [0.25, 0.3) is 0 Å². The van der Waals surface area contributed by atoms with E-state index in [-0.39, 0.29) is 5.28 Å². The Labute approximate surface area is 124 Å². The van der Waals surface area contributed by atoms with Crippen LogP contribution in [0.2, 0.25) is 5.28 Å². The van der Waals surface area contributed by atoms with Crippen molar-refractivity contribution in [2.45, 2.75) is 0 Å². The van der Waals surface area contributed by atoms with Gasteiger partial charge in [0.2, 0.25) is 17.2 Å². The molecule has 1 aromatic carbocycles. The molecule has 0 unspecified atom stereocenters. The molecule has 0 bridgehead atoms. The fourth-order valence-electron chi connectivity index (χ4n) is 1.66. The first-order chi connectivity index (χ1) is 9.61. The molecule has 0 aliphatic heterocycles.